The van der Waals surface area contributed by atoms with Crippen LogP contribution in [0.1, 0.15) is 37.0 Å². The number of methoxy groups -OCH3 is 3. The zero-order valence-electron chi connectivity index (χ0n) is 25.8. The van der Waals surface area contributed by atoms with Gasteiger partial charge in [0.05, 0.1) is 21.3 Å². The molecule has 1 saturated heterocycles. The number of benzene rings is 2. The normalized spacial score (nSPS) is 20.9. The lowest BCUT2D eigenvalue weighted by Crippen LogP contribution is -2.52. The van der Waals surface area contributed by atoms with Crippen molar-refractivity contribution in [1.82, 2.24) is 14.7 Å². The van der Waals surface area contributed by atoms with Gasteiger partial charge in [-0.1, -0.05) is 37.1 Å². The predicted octanol–water partition coefficient (Wildman–Crippen LogP) is 5.65. The van der Waals surface area contributed by atoms with Crippen LogP contribution < -0.4 is 19.5 Å². The number of nitrogens with zero attached hydrogens (tertiary/aromatic N) is 3. The molecule has 232 valence electrons. The number of halogens is 1. The van der Waals surface area contributed by atoms with Crippen molar-refractivity contribution in [1.29, 1.82) is 0 Å². The van der Waals surface area contributed by atoms with Crippen LogP contribution in [0.3, 0.4) is 0 Å². The Morgan fingerprint density at radius 2 is 1.65 bits per heavy atom. The number of anilines is 1. The molecule has 2 bridgehead atoms. The molecule has 0 aromatic heterocycles. The van der Waals surface area contributed by atoms with Gasteiger partial charge < -0.3 is 29.3 Å². The monoisotopic (exact) mass is 610 g/mol. The van der Waals surface area contributed by atoms with E-state index in [1.165, 1.54) is 12.0 Å². The van der Waals surface area contributed by atoms with Gasteiger partial charge >= 0.3 is 6.03 Å². The summed E-state index contributed by atoms with van der Waals surface area (Å²) in [5, 5.41) is 3.57. The summed E-state index contributed by atoms with van der Waals surface area (Å²) in [6, 6.07) is 10.4. The number of nitrogens with one attached hydrogen (secondary N) is 1. The molecule has 6 rings (SSSR count). The van der Waals surface area contributed by atoms with Gasteiger partial charge in [0.15, 0.2) is 11.5 Å². The molecule has 1 saturated carbocycles. The summed E-state index contributed by atoms with van der Waals surface area (Å²) in [6.45, 7) is 9.29. The molecule has 0 radical (unpaired) electrons. The number of hydrogen-bond donors (Lipinski definition) is 1. The van der Waals surface area contributed by atoms with Gasteiger partial charge in [-0.15, -0.1) is 0 Å². The third kappa shape index (κ3) is 6.58. The molecule has 4 aliphatic rings. The van der Waals surface area contributed by atoms with Crippen LogP contribution in [0.2, 0.25) is 5.02 Å². The number of piperazine rings is 1. The number of rotatable bonds is 10. The van der Waals surface area contributed by atoms with Crippen molar-refractivity contribution in [3.05, 3.63) is 58.6 Å². The van der Waals surface area contributed by atoms with E-state index in [1.54, 1.807) is 57.7 Å². The number of hydrogen-bond acceptors (Lipinski definition) is 6. The Labute approximate surface area is 259 Å². The lowest BCUT2D eigenvalue weighted by atomic mass is 9.49. The molecule has 1 N–H and O–H groups in total. The first-order chi connectivity index (χ1) is 20.6. The highest BCUT2D eigenvalue weighted by Gasteiger charge is 2.51. The molecule has 2 unspecified atom stereocenters. The molecule has 3 aliphatic carbocycles. The smallest absolute Gasteiger partial charge is 0.321 e. The Hall–Kier alpha value is -3.43. The Morgan fingerprint density at radius 1 is 1.00 bits per heavy atom. The van der Waals surface area contributed by atoms with Crippen LogP contribution in [0.5, 0.6) is 17.2 Å². The Morgan fingerprint density at radius 3 is 2.21 bits per heavy atom. The fourth-order valence-electron chi connectivity index (χ4n) is 6.69. The second kappa shape index (κ2) is 13.1. The zero-order valence-corrected chi connectivity index (χ0v) is 26.6. The third-order valence-electron chi connectivity index (χ3n) is 9.60. The van der Waals surface area contributed by atoms with E-state index in [0.29, 0.717) is 66.5 Å². The van der Waals surface area contributed by atoms with E-state index in [9.17, 15) is 9.59 Å². The van der Waals surface area contributed by atoms with Crippen molar-refractivity contribution in [3.8, 4) is 17.2 Å². The second-order valence-electron chi connectivity index (χ2n) is 12.2. The SMILES string of the molecule is COc1cc(C(=O)N(CCN2CCN(C(=O)Nc3ccc(Cl)cc3)CC2)CC2=CCC3CC2C3(C)C)cc(OC)c1OC. The van der Waals surface area contributed by atoms with Crippen molar-refractivity contribution >= 4 is 29.2 Å². The highest BCUT2D eigenvalue weighted by molar-refractivity contribution is 6.30. The predicted molar refractivity (Wildman–Crippen MR) is 169 cm³/mol. The fraction of sp³-hybridized carbons (Fsp3) is 0.515. The summed E-state index contributed by atoms with van der Waals surface area (Å²) in [6.07, 6.45) is 4.63. The topological polar surface area (TPSA) is 83.6 Å². The molecular formula is C33H43ClN4O5. The van der Waals surface area contributed by atoms with Gasteiger partial charge in [-0.05, 0) is 66.5 Å². The highest BCUT2D eigenvalue weighted by atomic mass is 35.5. The molecule has 0 spiro atoms. The first-order valence-corrected chi connectivity index (χ1v) is 15.3. The summed E-state index contributed by atoms with van der Waals surface area (Å²) < 4.78 is 16.6. The fourth-order valence-corrected chi connectivity index (χ4v) is 6.81. The minimum absolute atomic E-state index is 0.0691. The van der Waals surface area contributed by atoms with E-state index < -0.39 is 0 Å². The van der Waals surface area contributed by atoms with Crippen molar-refractivity contribution < 1.29 is 23.8 Å². The van der Waals surface area contributed by atoms with Crippen LogP contribution >= 0.6 is 11.6 Å². The van der Waals surface area contributed by atoms with Gasteiger partial charge in [-0.25, -0.2) is 4.79 Å². The third-order valence-corrected chi connectivity index (χ3v) is 9.85. The van der Waals surface area contributed by atoms with Crippen molar-refractivity contribution in [2.75, 3.05) is 72.5 Å². The van der Waals surface area contributed by atoms with E-state index in [0.717, 1.165) is 31.1 Å². The van der Waals surface area contributed by atoms with Crippen LogP contribution in [0.15, 0.2) is 48.0 Å². The van der Waals surface area contributed by atoms with Gasteiger partial charge in [0, 0.05) is 62.1 Å². The lowest BCUT2D eigenvalue weighted by molar-refractivity contribution is -0.0105. The zero-order chi connectivity index (χ0) is 30.7. The Balaban J connectivity index is 1.26. The van der Waals surface area contributed by atoms with E-state index in [-0.39, 0.29) is 17.4 Å². The number of ether oxygens (including phenoxy) is 3. The number of carbonyl (C=O) groups is 2. The summed E-state index contributed by atoms with van der Waals surface area (Å²) in [5.41, 5.74) is 2.85. The minimum Gasteiger partial charge on any atom is -0.493 e. The van der Waals surface area contributed by atoms with Crippen LogP contribution in [-0.4, -0.2) is 93.8 Å². The van der Waals surface area contributed by atoms with Crippen LogP contribution in [0.25, 0.3) is 0 Å². The van der Waals surface area contributed by atoms with Gasteiger partial charge in [0.2, 0.25) is 5.75 Å². The van der Waals surface area contributed by atoms with Crippen molar-refractivity contribution in [2.24, 2.45) is 17.3 Å². The second-order valence-corrected chi connectivity index (χ2v) is 12.7. The highest BCUT2D eigenvalue weighted by Crippen LogP contribution is 2.59. The standard InChI is InChI=1S/C33H43ClN4O5/c1-33(2)24-7-6-22(27(33)20-24)21-38(31(39)23-18-28(41-3)30(43-5)29(19-23)42-4)17-14-36-12-15-37(16-13-36)32(40)35-26-10-8-25(34)9-11-26/h6,8-11,18-19,24,27H,7,12-17,20-21H2,1-5H3,(H,35,40). The molecule has 9 nitrogen and oxygen atoms in total. The van der Waals surface area contributed by atoms with E-state index in [4.69, 9.17) is 25.8 Å². The summed E-state index contributed by atoms with van der Waals surface area (Å²) in [7, 11) is 4.67. The molecule has 1 aliphatic heterocycles. The summed E-state index contributed by atoms with van der Waals surface area (Å²) in [5.74, 6) is 2.54. The summed E-state index contributed by atoms with van der Waals surface area (Å²) in [4.78, 5) is 33.0. The average Bonchev–Trinajstić information content (AvgIpc) is 3.03. The van der Waals surface area contributed by atoms with Crippen LogP contribution in [0.4, 0.5) is 10.5 Å². The van der Waals surface area contributed by atoms with E-state index >= 15 is 0 Å². The quantitative estimate of drug-likeness (QED) is 0.350. The Bertz CT molecular complexity index is 1330. The van der Waals surface area contributed by atoms with E-state index in [2.05, 4.69) is 30.1 Å². The maximum absolute atomic E-state index is 14.1. The molecule has 2 aromatic carbocycles. The number of amides is 3. The first-order valence-electron chi connectivity index (χ1n) is 15.0. The maximum Gasteiger partial charge on any atom is 0.321 e. The molecule has 10 heteroatoms. The average molecular weight is 611 g/mol. The number of allylic oxidation sites excluding steroid dienone is 1. The van der Waals surface area contributed by atoms with Gasteiger partial charge in [-0.2, -0.15) is 0 Å². The van der Waals surface area contributed by atoms with Crippen LogP contribution in [-0.2, 0) is 0 Å². The van der Waals surface area contributed by atoms with E-state index in [1.807, 2.05) is 9.80 Å². The minimum atomic E-state index is -0.119. The molecule has 1 heterocycles. The Kier molecular flexibility index (Phi) is 9.42. The number of carbonyl (C=O) groups excluding carboxylic acids is 2. The van der Waals surface area contributed by atoms with Crippen LogP contribution in [0, 0.1) is 17.3 Å². The van der Waals surface area contributed by atoms with Gasteiger partial charge in [0.1, 0.15) is 0 Å². The maximum atomic E-state index is 14.1. The summed E-state index contributed by atoms with van der Waals surface area (Å²) >= 11 is 5.96. The number of urea groups is 1. The van der Waals surface area contributed by atoms with Gasteiger partial charge in [-0.3, -0.25) is 9.69 Å². The van der Waals surface area contributed by atoms with Gasteiger partial charge in [0.25, 0.3) is 5.91 Å². The van der Waals surface area contributed by atoms with Crippen molar-refractivity contribution in [3.63, 3.8) is 0 Å². The largest absolute Gasteiger partial charge is 0.493 e. The molecular weight excluding hydrogens is 568 g/mol. The van der Waals surface area contributed by atoms with Crippen molar-refractivity contribution in [2.45, 2.75) is 26.7 Å². The molecule has 43 heavy (non-hydrogen) atoms. The molecule has 2 atom stereocenters. The molecule has 2 aromatic rings. The molecule has 3 amide bonds. The number of fused-ring (bicyclic) bond motifs is 1. The first kappa shape index (κ1) is 31.0. The molecule has 2 fully saturated rings. The lowest BCUT2D eigenvalue weighted by Gasteiger charge is -2.57.